The fourth-order valence-corrected chi connectivity index (χ4v) is 4.98. The van der Waals surface area contributed by atoms with Crippen LogP contribution in [0.4, 0.5) is 10.3 Å². The number of carbonyl (C=O) groups is 1. The van der Waals surface area contributed by atoms with Gasteiger partial charge in [-0.25, -0.2) is 27.1 Å². The third-order valence-corrected chi connectivity index (χ3v) is 7.34. The van der Waals surface area contributed by atoms with Crippen molar-refractivity contribution in [3.63, 3.8) is 0 Å². The SMILES string of the molecule is CC(C)c1nc(N(C)S(=O)(=O)CC(C)(C)O)nc(-c2ccc(F)cc2)c1/C=C/[C@@H](O)C[C@@H](O)CC(=O)O.[Ca]. The van der Waals surface area contributed by atoms with Crippen LogP contribution in [-0.4, -0.2) is 113 Å². The number of halogens is 1. The Morgan fingerprint density at radius 1 is 1.16 bits per heavy atom. The monoisotopic (exact) mass is 579 g/mol. The Hall–Kier alpha value is -1.67. The first-order valence-electron chi connectivity index (χ1n) is 11.6. The second-order valence-corrected chi connectivity index (χ2v) is 11.8. The zero-order valence-electron chi connectivity index (χ0n) is 22.2. The van der Waals surface area contributed by atoms with Crippen molar-refractivity contribution in [2.24, 2.45) is 0 Å². The summed E-state index contributed by atoms with van der Waals surface area (Å²) >= 11 is 0. The number of benzene rings is 1. The number of hydrogen-bond acceptors (Lipinski definition) is 8. The second kappa shape index (κ2) is 14.1. The van der Waals surface area contributed by atoms with Crippen molar-refractivity contribution >= 4 is 65.8 Å². The first-order chi connectivity index (χ1) is 17.0. The molecule has 0 fully saturated rings. The number of carboxylic acids is 1. The van der Waals surface area contributed by atoms with Crippen molar-refractivity contribution in [1.82, 2.24) is 9.97 Å². The molecule has 2 atom stereocenters. The van der Waals surface area contributed by atoms with E-state index in [1.165, 1.54) is 57.3 Å². The van der Waals surface area contributed by atoms with Gasteiger partial charge >= 0.3 is 5.97 Å². The molecule has 4 N–H and O–H groups in total. The molecule has 0 spiro atoms. The van der Waals surface area contributed by atoms with Gasteiger partial charge in [0.1, 0.15) is 5.82 Å². The molecule has 206 valence electrons. The summed E-state index contributed by atoms with van der Waals surface area (Å²) in [6.07, 6.45) is -0.316. The van der Waals surface area contributed by atoms with Crippen molar-refractivity contribution in [3.8, 4) is 11.3 Å². The molecule has 0 aliphatic heterocycles. The maximum absolute atomic E-state index is 13.6. The summed E-state index contributed by atoms with van der Waals surface area (Å²) in [5.74, 6) is -2.64. The zero-order chi connectivity index (χ0) is 28.1. The number of carboxylic acid groups (broad SMARTS) is 1. The first-order valence-corrected chi connectivity index (χ1v) is 13.2. The largest absolute Gasteiger partial charge is 0.481 e. The molecule has 1 heterocycles. The molecule has 2 rings (SSSR count). The third-order valence-electron chi connectivity index (χ3n) is 5.27. The van der Waals surface area contributed by atoms with Crippen LogP contribution in [0.25, 0.3) is 17.3 Å². The van der Waals surface area contributed by atoms with Gasteiger partial charge in [0.2, 0.25) is 16.0 Å². The fraction of sp³-hybridized carbons (Fsp3) is 0.480. The van der Waals surface area contributed by atoms with Crippen molar-refractivity contribution in [2.75, 3.05) is 17.1 Å². The summed E-state index contributed by atoms with van der Waals surface area (Å²) < 4.78 is 40.4. The van der Waals surface area contributed by atoms with Crippen LogP contribution in [0.15, 0.2) is 30.3 Å². The molecule has 0 saturated carbocycles. The van der Waals surface area contributed by atoms with Crippen LogP contribution in [0.5, 0.6) is 0 Å². The predicted molar refractivity (Wildman–Crippen MR) is 144 cm³/mol. The van der Waals surface area contributed by atoms with E-state index in [0.717, 1.165) is 4.31 Å². The Kier molecular flexibility index (Phi) is 12.8. The van der Waals surface area contributed by atoms with Gasteiger partial charge in [-0.3, -0.25) is 4.79 Å². The van der Waals surface area contributed by atoms with E-state index in [4.69, 9.17) is 5.11 Å². The Labute approximate surface area is 252 Å². The van der Waals surface area contributed by atoms with Crippen LogP contribution >= 0.6 is 0 Å². The van der Waals surface area contributed by atoms with Gasteiger partial charge in [0, 0.05) is 62.3 Å². The summed E-state index contributed by atoms with van der Waals surface area (Å²) in [4.78, 5) is 19.7. The third kappa shape index (κ3) is 10.1. The predicted octanol–water partition coefficient (Wildman–Crippen LogP) is 2.16. The molecule has 0 amide bonds. The van der Waals surface area contributed by atoms with Crippen LogP contribution in [-0.2, 0) is 14.8 Å². The summed E-state index contributed by atoms with van der Waals surface area (Å²) in [5.41, 5.74) is 0.0982. The minimum Gasteiger partial charge on any atom is -0.481 e. The summed E-state index contributed by atoms with van der Waals surface area (Å²) in [5, 5.41) is 39.0. The van der Waals surface area contributed by atoms with Crippen LogP contribution in [0, 0.1) is 5.82 Å². The Morgan fingerprint density at radius 3 is 2.24 bits per heavy atom. The first kappa shape index (κ1) is 34.4. The molecular formula is C25H34CaFN3O7S. The van der Waals surface area contributed by atoms with E-state index in [9.17, 15) is 32.9 Å². The Morgan fingerprint density at radius 2 is 1.74 bits per heavy atom. The van der Waals surface area contributed by atoms with Gasteiger partial charge in [0.15, 0.2) is 0 Å². The second-order valence-electron chi connectivity index (χ2n) is 9.78. The Balaban J connectivity index is 0.00000722. The van der Waals surface area contributed by atoms with E-state index >= 15 is 0 Å². The number of rotatable bonds is 12. The van der Waals surface area contributed by atoms with E-state index in [0.29, 0.717) is 16.8 Å². The van der Waals surface area contributed by atoms with Crippen molar-refractivity contribution in [1.29, 1.82) is 0 Å². The van der Waals surface area contributed by atoms with Crippen molar-refractivity contribution < 1.29 is 38.0 Å². The van der Waals surface area contributed by atoms with E-state index in [2.05, 4.69) is 9.97 Å². The number of aliphatic hydroxyl groups is 3. The average molecular weight is 580 g/mol. The number of anilines is 1. The summed E-state index contributed by atoms with van der Waals surface area (Å²) in [6.45, 7) is 6.40. The van der Waals surface area contributed by atoms with Crippen LogP contribution < -0.4 is 4.31 Å². The molecular weight excluding hydrogens is 545 g/mol. The van der Waals surface area contributed by atoms with Gasteiger partial charge < -0.3 is 20.4 Å². The molecule has 2 radical (unpaired) electrons. The number of sulfonamides is 1. The molecule has 1 aromatic carbocycles. The maximum Gasteiger partial charge on any atom is 0.305 e. The summed E-state index contributed by atoms with van der Waals surface area (Å²) in [7, 11) is -2.74. The number of aromatic nitrogens is 2. The van der Waals surface area contributed by atoms with Gasteiger partial charge in [0.05, 0.1) is 41.4 Å². The fourth-order valence-electron chi connectivity index (χ4n) is 3.56. The number of hydrogen-bond donors (Lipinski definition) is 4. The van der Waals surface area contributed by atoms with Crippen LogP contribution in [0.1, 0.15) is 57.7 Å². The van der Waals surface area contributed by atoms with Crippen molar-refractivity contribution in [2.45, 2.75) is 64.3 Å². The van der Waals surface area contributed by atoms with E-state index in [1.807, 2.05) is 13.8 Å². The molecule has 0 saturated heterocycles. The molecule has 13 heteroatoms. The molecule has 0 aliphatic rings. The quantitative estimate of drug-likeness (QED) is 0.276. The minimum atomic E-state index is -4.02. The maximum atomic E-state index is 13.6. The molecule has 1 aromatic heterocycles. The molecule has 10 nitrogen and oxygen atoms in total. The van der Waals surface area contributed by atoms with Gasteiger partial charge in [-0.1, -0.05) is 26.0 Å². The van der Waals surface area contributed by atoms with Gasteiger partial charge in [-0.2, -0.15) is 0 Å². The van der Waals surface area contributed by atoms with Crippen LogP contribution in [0.2, 0.25) is 0 Å². The van der Waals surface area contributed by atoms with Gasteiger partial charge in [-0.05, 0) is 44.0 Å². The number of aliphatic hydroxyl groups excluding tert-OH is 2. The standard InChI is InChI=1S/C25H34FN3O7S.Ca/c1-15(2)22-20(11-10-18(30)12-19(31)13-21(32)33)23(16-6-8-17(26)9-7-16)28-24(27-22)29(5)37(35,36)14-25(3,4)34;/h6-11,15,18-19,30-31,34H,12-14H2,1-5H3,(H,32,33);/b11-10+;/t18-,19-;/m1./s1. The molecule has 0 aliphatic carbocycles. The number of nitrogens with zero attached hydrogens (tertiary/aromatic N) is 3. The van der Waals surface area contributed by atoms with E-state index in [1.54, 1.807) is 0 Å². The van der Waals surface area contributed by atoms with Crippen LogP contribution in [0.3, 0.4) is 0 Å². The normalized spacial score (nSPS) is 13.8. The van der Waals surface area contributed by atoms with Gasteiger partial charge in [0.25, 0.3) is 0 Å². The Bertz CT molecular complexity index is 1230. The molecule has 0 bridgehead atoms. The smallest absolute Gasteiger partial charge is 0.305 e. The average Bonchev–Trinajstić information content (AvgIpc) is 2.74. The topological polar surface area (TPSA) is 161 Å². The molecule has 2 aromatic rings. The van der Waals surface area contributed by atoms with Crippen molar-refractivity contribution in [3.05, 3.63) is 47.4 Å². The summed E-state index contributed by atoms with van der Waals surface area (Å²) in [6, 6.07) is 5.40. The number of aliphatic carboxylic acids is 1. The van der Waals surface area contributed by atoms with E-state index < -0.39 is 51.8 Å². The van der Waals surface area contributed by atoms with Gasteiger partial charge in [-0.15, -0.1) is 0 Å². The molecule has 38 heavy (non-hydrogen) atoms. The minimum absolute atomic E-state index is 0. The molecule has 0 unspecified atom stereocenters. The zero-order valence-corrected chi connectivity index (χ0v) is 25.2. The van der Waals surface area contributed by atoms with E-state index in [-0.39, 0.29) is 61.7 Å².